The molecule has 1 atom stereocenters. The van der Waals surface area contributed by atoms with Gasteiger partial charge in [0.15, 0.2) is 23.0 Å². The molecule has 0 aliphatic carbocycles. The summed E-state index contributed by atoms with van der Waals surface area (Å²) < 4.78 is 5.52. The van der Waals surface area contributed by atoms with Crippen LogP contribution in [0.4, 0.5) is 0 Å². The first kappa shape index (κ1) is 22.9. The molecule has 0 radical (unpaired) electrons. The number of ether oxygens (including phenoxy) is 1. The van der Waals surface area contributed by atoms with Crippen molar-refractivity contribution in [2.75, 3.05) is 20.6 Å². The van der Waals surface area contributed by atoms with Gasteiger partial charge in [0, 0.05) is 22.6 Å². The molecule has 1 aliphatic rings. The fraction of sp³-hybridized carbons (Fsp3) is 0.381. The van der Waals surface area contributed by atoms with Crippen LogP contribution in [-0.2, 0) is 17.8 Å². The Labute approximate surface area is 182 Å². The summed E-state index contributed by atoms with van der Waals surface area (Å²) in [6.45, 7) is 0.0795. The number of carboxylic acid groups (broad SMARTS) is 1. The first-order valence-electron chi connectivity index (χ1n) is 9.74. The maximum absolute atomic E-state index is 11.3. The van der Waals surface area contributed by atoms with Crippen LogP contribution in [0.3, 0.4) is 0 Å². The van der Waals surface area contributed by atoms with Crippen molar-refractivity contribution in [3.63, 3.8) is 0 Å². The van der Waals surface area contributed by atoms with E-state index in [0.29, 0.717) is 13.0 Å². The number of fused-ring (bicyclic) bond motifs is 2. The quantitative estimate of drug-likeness (QED) is 0.235. The predicted molar refractivity (Wildman–Crippen MR) is 110 cm³/mol. The Hall–Kier alpha value is -3.73. The highest BCUT2D eigenvalue weighted by Gasteiger charge is 2.38. The van der Waals surface area contributed by atoms with Crippen molar-refractivity contribution in [2.24, 2.45) is 0 Å². The standard InChI is InChI=1S/C21H25NO10/c1-22(2)5-3-4-8-12-10(16(27)18(29)19(30)17(12)28)7-32-21-13(8)14(25)9(6-11(23)24)15(26)20(21)31/h8,25-31H,3-7H2,1-2H3,(H,23,24). The Kier molecular flexibility index (Phi) is 6.04. The molecule has 32 heavy (non-hydrogen) atoms. The lowest BCUT2D eigenvalue weighted by Crippen LogP contribution is -2.15. The zero-order valence-corrected chi connectivity index (χ0v) is 17.5. The molecule has 1 aliphatic heterocycles. The zero-order valence-electron chi connectivity index (χ0n) is 17.5. The van der Waals surface area contributed by atoms with Gasteiger partial charge in [-0.3, -0.25) is 4.79 Å². The van der Waals surface area contributed by atoms with Gasteiger partial charge in [-0.2, -0.15) is 0 Å². The topological polar surface area (TPSA) is 191 Å². The molecule has 0 saturated carbocycles. The molecule has 0 bridgehead atoms. The SMILES string of the molecule is CN(C)CCCC1c2c(O)c(O)c(O)c(O)c2COc2c(O)c(O)c(CC(=O)O)c(O)c21. The smallest absolute Gasteiger partial charge is 0.308 e. The van der Waals surface area contributed by atoms with Crippen molar-refractivity contribution >= 4 is 5.97 Å². The number of hydrogen-bond donors (Lipinski definition) is 8. The fourth-order valence-corrected chi connectivity index (χ4v) is 4.02. The summed E-state index contributed by atoms with van der Waals surface area (Å²) in [4.78, 5) is 13.1. The minimum atomic E-state index is -1.38. The van der Waals surface area contributed by atoms with E-state index in [1.54, 1.807) is 0 Å². The van der Waals surface area contributed by atoms with Crippen molar-refractivity contribution in [1.82, 2.24) is 4.90 Å². The lowest BCUT2D eigenvalue weighted by molar-refractivity contribution is -0.136. The normalized spacial score (nSPS) is 15.0. The monoisotopic (exact) mass is 451 g/mol. The number of hydrogen-bond acceptors (Lipinski definition) is 10. The summed E-state index contributed by atoms with van der Waals surface area (Å²) in [5, 5.41) is 82.0. The summed E-state index contributed by atoms with van der Waals surface area (Å²) in [5.41, 5.74) is -0.724. The highest BCUT2D eigenvalue weighted by molar-refractivity contribution is 5.78. The molecule has 0 fully saturated rings. The molecule has 8 N–H and O–H groups in total. The van der Waals surface area contributed by atoms with E-state index in [9.17, 15) is 40.5 Å². The van der Waals surface area contributed by atoms with Crippen molar-refractivity contribution in [3.05, 3.63) is 22.3 Å². The number of nitrogens with zero attached hydrogens (tertiary/aromatic N) is 1. The van der Waals surface area contributed by atoms with Crippen LogP contribution in [0.25, 0.3) is 0 Å². The van der Waals surface area contributed by atoms with Crippen LogP contribution in [0.2, 0.25) is 0 Å². The van der Waals surface area contributed by atoms with E-state index in [1.165, 1.54) is 0 Å². The third-order valence-corrected chi connectivity index (χ3v) is 5.53. The van der Waals surface area contributed by atoms with Crippen LogP contribution in [0, 0.1) is 0 Å². The molecule has 2 aromatic carbocycles. The Morgan fingerprint density at radius 1 is 0.875 bits per heavy atom. The lowest BCUT2D eigenvalue weighted by Gasteiger charge is -2.24. The van der Waals surface area contributed by atoms with Crippen molar-refractivity contribution < 1.29 is 50.4 Å². The highest BCUT2D eigenvalue weighted by atomic mass is 16.5. The van der Waals surface area contributed by atoms with E-state index in [-0.39, 0.29) is 28.9 Å². The third kappa shape index (κ3) is 3.71. The summed E-state index contributed by atoms with van der Waals surface area (Å²) in [6.07, 6.45) is -0.134. The second-order valence-electron chi connectivity index (χ2n) is 7.91. The minimum Gasteiger partial charge on any atom is -0.507 e. The van der Waals surface area contributed by atoms with Crippen LogP contribution in [-0.4, -0.2) is 72.4 Å². The van der Waals surface area contributed by atoms with Crippen LogP contribution >= 0.6 is 0 Å². The summed E-state index contributed by atoms with van der Waals surface area (Å²) in [6, 6.07) is 0. The lowest BCUT2D eigenvalue weighted by atomic mass is 9.82. The van der Waals surface area contributed by atoms with E-state index in [1.807, 2.05) is 19.0 Å². The van der Waals surface area contributed by atoms with Crippen LogP contribution in [0.15, 0.2) is 0 Å². The van der Waals surface area contributed by atoms with Crippen LogP contribution < -0.4 is 4.74 Å². The number of aliphatic carboxylic acids is 1. The Morgan fingerprint density at radius 3 is 2.09 bits per heavy atom. The number of carbonyl (C=O) groups is 1. The summed E-state index contributed by atoms with van der Waals surface area (Å²) in [5.74, 6) is -8.54. The van der Waals surface area contributed by atoms with Crippen molar-refractivity contribution in [3.8, 4) is 46.0 Å². The van der Waals surface area contributed by atoms with E-state index < -0.39 is 70.7 Å². The Balaban J connectivity index is 2.34. The van der Waals surface area contributed by atoms with E-state index in [0.717, 1.165) is 0 Å². The van der Waals surface area contributed by atoms with E-state index in [4.69, 9.17) is 9.84 Å². The third-order valence-electron chi connectivity index (χ3n) is 5.53. The predicted octanol–water partition coefficient (Wildman–Crippen LogP) is 1.62. The number of rotatable bonds is 6. The molecule has 11 heteroatoms. The molecule has 174 valence electrons. The average Bonchev–Trinajstić information content (AvgIpc) is 2.89. The maximum atomic E-state index is 11.3. The molecule has 2 aromatic rings. The number of phenols is 7. The van der Waals surface area contributed by atoms with Gasteiger partial charge in [-0.05, 0) is 33.5 Å². The Bertz CT molecular complexity index is 1080. The van der Waals surface area contributed by atoms with Gasteiger partial charge in [-0.15, -0.1) is 0 Å². The molecule has 0 saturated heterocycles. The average molecular weight is 451 g/mol. The molecular weight excluding hydrogens is 426 g/mol. The zero-order chi connectivity index (χ0) is 23.9. The minimum absolute atomic E-state index is 0.0584. The number of aromatic hydroxyl groups is 7. The summed E-state index contributed by atoms with van der Waals surface area (Å²) in [7, 11) is 3.66. The molecular formula is C21H25NO10. The largest absolute Gasteiger partial charge is 0.507 e. The molecule has 0 amide bonds. The molecule has 0 spiro atoms. The molecule has 0 aromatic heterocycles. The van der Waals surface area contributed by atoms with E-state index in [2.05, 4.69) is 0 Å². The van der Waals surface area contributed by atoms with Gasteiger partial charge >= 0.3 is 5.97 Å². The van der Waals surface area contributed by atoms with Gasteiger partial charge in [0.2, 0.25) is 17.2 Å². The van der Waals surface area contributed by atoms with Crippen LogP contribution in [0.1, 0.15) is 41.0 Å². The number of carboxylic acids is 1. The van der Waals surface area contributed by atoms with Gasteiger partial charge in [-0.25, -0.2) is 0 Å². The second kappa shape index (κ2) is 8.42. The summed E-state index contributed by atoms with van der Waals surface area (Å²) >= 11 is 0. The van der Waals surface area contributed by atoms with Crippen molar-refractivity contribution in [2.45, 2.75) is 31.8 Å². The first-order chi connectivity index (χ1) is 15.0. The van der Waals surface area contributed by atoms with Gasteiger partial charge in [0.1, 0.15) is 12.4 Å². The van der Waals surface area contributed by atoms with Crippen LogP contribution in [0.5, 0.6) is 46.0 Å². The molecule has 3 rings (SSSR count). The van der Waals surface area contributed by atoms with Gasteiger partial charge in [0.05, 0.1) is 12.0 Å². The Morgan fingerprint density at radius 2 is 1.50 bits per heavy atom. The van der Waals surface area contributed by atoms with Gasteiger partial charge in [-0.1, -0.05) is 0 Å². The molecule has 1 heterocycles. The van der Waals surface area contributed by atoms with Gasteiger partial charge < -0.3 is 50.5 Å². The molecule has 11 nitrogen and oxygen atoms in total. The second-order valence-corrected chi connectivity index (χ2v) is 7.91. The highest BCUT2D eigenvalue weighted by Crippen LogP contribution is 2.59. The van der Waals surface area contributed by atoms with Crippen molar-refractivity contribution in [1.29, 1.82) is 0 Å². The molecule has 1 unspecified atom stereocenters. The number of benzene rings is 2. The fourth-order valence-electron chi connectivity index (χ4n) is 4.02. The maximum Gasteiger partial charge on any atom is 0.308 e. The first-order valence-corrected chi connectivity index (χ1v) is 9.74. The van der Waals surface area contributed by atoms with E-state index >= 15 is 0 Å². The number of phenolic OH excluding ortho intramolecular Hbond substituents is 7. The van der Waals surface area contributed by atoms with Gasteiger partial charge in [0.25, 0.3) is 0 Å².